The molecule has 0 fully saturated rings. The van der Waals surface area contributed by atoms with Crippen LogP contribution in [0.3, 0.4) is 0 Å². The van der Waals surface area contributed by atoms with Crippen molar-refractivity contribution >= 4 is 45.7 Å². The standard InChI is InChI=1S/C8H7ClINO/c1-4(12)5-2-3-6(10)8(11)7(5)9/h2-3H,11H2,1H3. The van der Waals surface area contributed by atoms with Gasteiger partial charge in [0.25, 0.3) is 0 Å². The average molecular weight is 296 g/mol. The number of rotatable bonds is 1. The van der Waals surface area contributed by atoms with Crippen LogP contribution in [0.25, 0.3) is 0 Å². The van der Waals surface area contributed by atoms with Gasteiger partial charge in [-0.3, -0.25) is 4.79 Å². The van der Waals surface area contributed by atoms with Gasteiger partial charge in [-0.1, -0.05) is 11.6 Å². The summed E-state index contributed by atoms with van der Waals surface area (Å²) in [5.41, 5.74) is 6.59. The zero-order valence-corrected chi connectivity index (χ0v) is 9.31. The third kappa shape index (κ3) is 1.72. The second kappa shape index (κ2) is 3.62. The van der Waals surface area contributed by atoms with E-state index in [9.17, 15) is 4.79 Å². The van der Waals surface area contributed by atoms with E-state index in [1.807, 2.05) is 0 Å². The van der Waals surface area contributed by atoms with E-state index in [1.165, 1.54) is 6.92 Å². The van der Waals surface area contributed by atoms with Crippen molar-refractivity contribution in [3.63, 3.8) is 0 Å². The SMILES string of the molecule is CC(=O)c1ccc(I)c(N)c1Cl. The van der Waals surface area contributed by atoms with Crippen molar-refractivity contribution in [3.05, 3.63) is 26.3 Å². The molecule has 0 saturated heterocycles. The zero-order chi connectivity index (χ0) is 9.30. The Morgan fingerprint density at radius 2 is 2.17 bits per heavy atom. The van der Waals surface area contributed by atoms with Crippen molar-refractivity contribution in [3.8, 4) is 0 Å². The fourth-order valence-corrected chi connectivity index (χ4v) is 1.75. The van der Waals surface area contributed by atoms with Gasteiger partial charge in [0.05, 0.1) is 10.7 Å². The molecule has 1 aromatic carbocycles. The number of anilines is 1. The van der Waals surface area contributed by atoms with Crippen LogP contribution in [0.1, 0.15) is 17.3 Å². The number of carbonyl (C=O) groups excluding carboxylic acids is 1. The molecule has 12 heavy (non-hydrogen) atoms. The molecular weight excluding hydrogens is 288 g/mol. The van der Waals surface area contributed by atoms with E-state index in [-0.39, 0.29) is 5.78 Å². The molecule has 4 heteroatoms. The molecule has 64 valence electrons. The van der Waals surface area contributed by atoms with E-state index < -0.39 is 0 Å². The molecule has 0 aliphatic heterocycles. The minimum atomic E-state index is -0.0666. The maximum absolute atomic E-state index is 11.0. The maximum Gasteiger partial charge on any atom is 0.161 e. The van der Waals surface area contributed by atoms with Gasteiger partial charge in [-0.25, -0.2) is 0 Å². The molecule has 0 aliphatic rings. The van der Waals surface area contributed by atoms with Gasteiger partial charge in [-0.05, 0) is 41.6 Å². The monoisotopic (exact) mass is 295 g/mol. The van der Waals surface area contributed by atoms with E-state index in [2.05, 4.69) is 22.6 Å². The molecule has 0 unspecified atom stereocenters. The number of carbonyl (C=O) groups is 1. The summed E-state index contributed by atoms with van der Waals surface area (Å²) in [6, 6.07) is 3.46. The number of nitrogen functional groups attached to an aromatic ring is 1. The lowest BCUT2D eigenvalue weighted by atomic mass is 10.1. The van der Waals surface area contributed by atoms with Crippen molar-refractivity contribution in [2.45, 2.75) is 6.92 Å². The number of hydrogen-bond donors (Lipinski definition) is 1. The Labute approximate surface area is 89.2 Å². The molecule has 2 N–H and O–H groups in total. The van der Waals surface area contributed by atoms with Crippen LogP contribution >= 0.6 is 34.2 Å². The van der Waals surface area contributed by atoms with Crippen molar-refractivity contribution in [1.29, 1.82) is 0 Å². The first-order valence-electron chi connectivity index (χ1n) is 3.28. The van der Waals surface area contributed by atoms with E-state index in [0.717, 1.165) is 3.57 Å². The van der Waals surface area contributed by atoms with Crippen LogP contribution in [0.15, 0.2) is 12.1 Å². The number of ketones is 1. The van der Waals surface area contributed by atoms with E-state index >= 15 is 0 Å². The summed E-state index contributed by atoms with van der Waals surface area (Å²) in [5, 5.41) is 0.356. The molecular formula is C8H7ClINO. The summed E-state index contributed by atoms with van der Waals surface area (Å²) in [6.07, 6.45) is 0. The molecule has 2 nitrogen and oxygen atoms in total. The molecule has 0 atom stereocenters. The lowest BCUT2D eigenvalue weighted by Crippen LogP contribution is -1.98. The van der Waals surface area contributed by atoms with Gasteiger partial charge in [0.1, 0.15) is 0 Å². The topological polar surface area (TPSA) is 43.1 Å². The molecule has 0 amide bonds. The summed E-state index contributed by atoms with van der Waals surface area (Å²) < 4.78 is 0.864. The Morgan fingerprint density at radius 1 is 1.58 bits per heavy atom. The highest BCUT2D eigenvalue weighted by atomic mass is 127. The highest BCUT2D eigenvalue weighted by Crippen LogP contribution is 2.28. The number of halogens is 2. The predicted molar refractivity (Wildman–Crippen MR) is 58.6 cm³/mol. The smallest absolute Gasteiger partial charge is 0.161 e. The van der Waals surface area contributed by atoms with E-state index in [0.29, 0.717) is 16.3 Å². The highest BCUT2D eigenvalue weighted by Gasteiger charge is 2.09. The number of nitrogens with two attached hydrogens (primary N) is 1. The number of hydrogen-bond acceptors (Lipinski definition) is 2. The van der Waals surface area contributed by atoms with Crippen LogP contribution < -0.4 is 5.73 Å². The van der Waals surface area contributed by atoms with Gasteiger partial charge in [-0.2, -0.15) is 0 Å². The molecule has 0 heterocycles. The van der Waals surface area contributed by atoms with Crippen LogP contribution in [0, 0.1) is 3.57 Å². The van der Waals surface area contributed by atoms with Gasteiger partial charge in [0.15, 0.2) is 5.78 Å². The van der Waals surface area contributed by atoms with E-state index in [1.54, 1.807) is 12.1 Å². The van der Waals surface area contributed by atoms with Crippen LogP contribution in [-0.2, 0) is 0 Å². The Morgan fingerprint density at radius 3 is 2.67 bits per heavy atom. The third-order valence-electron chi connectivity index (χ3n) is 1.51. The van der Waals surface area contributed by atoms with Gasteiger partial charge in [-0.15, -0.1) is 0 Å². The van der Waals surface area contributed by atoms with Crippen molar-refractivity contribution in [2.75, 3.05) is 5.73 Å². The summed E-state index contributed by atoms with van der Waals surface area (Å²) in [6.45, 7) is 1.47. The minimum absolute atomic E-state index is 0.0666. The predicted octanol–water partition coefficient (Wildman–Crippen LogP) is 2.73. The quantitative estimate of drug-likeness (QED) is 0.492. The molecule has 0 spiro atoms. The third-order valence-corrected chi connectivity index (χ3v) is 2.85. The molecule has 0 saturated carbocycles. The Hall–Kier alpha value is -0.290. The second-order valence-corrected chi connectivity index (χ2v) is 3.92. The fraction of sp³-hybridized carbons (Fsp3) is 0.125. The van der Waals surface area contributed by atoms with Crippen LogP contribution in [0.4, 0.5) is 5.69 Å². The summed E-state index contributed by atoms with van der Waals surface area (Å²) in [7, 11) is 0. The largest absolute Gasteiger partial charge is 0.397 e. The first-order valence-corrected chi connectivity index (χ1v) is 4.74. The Bertz CT molecular complexity index is 338. The first-order chi connectivity index (χ1) is 5.54. The van der Waals surface area contributed by atoms with Gasteiger partial charge >= 0.3 is 0 Å². The van der Waals surface area contributed by atoms with Crippen molar-refractivity contribution in [1.82, 2.24) is 0 Å². The molecule has 0 aliphatic carbocycles. The molecule has 0 bridgehead atoms. The molecule has 0 aromatic heterocycles. The van der Waals surface area contributed by atoms with Crippen molar-refractivity contribution in [2.24, 2.45) is 0 Å². The zero-order valence-electron chi connectivity index (χ0n) is 6.40. The second-order valence-electron chi connectivity index (χ2n) is 2.38. The van der Waals surface area contributed by atoms with Gasteiger partial charge in [0.2, 0.25) is 0 Å². The van der Waals surface area contributed by atoms with Crippen LogP contribution in [-0.4, -0.2) is 5.78 Å². The summed E-state index contributed by atoms with van der Waals surface area (Å²) >= 11 is 7.91. The van der Waals surface area contributed by atoms with Gasteiger partial charge in [0, 0.05) is 9.13 Å². The normalized spacial score (nSPS) is 9.92. The summed E-state index contributed by atoms with van der Waals surface area (Å²) in [5.74, 6) is -0.0666. The maximum atomic E-state index is 11.0. The molecule has 1 rings (SSSR count). The van der Waals surface area contributed by atoms with Gasteiger partial charge < -0.3 is 5.73 Å². The van der Waals surface area contributed by atoms with Crippen LogP contribution in [0.2, 0.25) is 5.02 Å². The highest BCUT2D eigenvalue weighted by molar-refractivity contribution is 14.1. The van der Waals surface area contributed by atoms with Crippen LogP contribution in [0.5, 0.6) is 0 Å². The average Bonchev–Trinajstić information content (AvgIpc) is 2.00. The number of benzene rings is 1. The Kier molecular flexibility index (Phi) is 2.95. The number of Topliss-reactive ketones (excluding diaryl/α,β-unsaturated/α-hetero) is 1. The fourth-order valence-electron chi connectivity index (χ4n) is 0.841. The lowest BCUT2D eigenvalue weighted by Gasteiger charge is -2.04. The lowest BCUT2D eigenvalue weighted by molar-refractivity contribution is 0.101. The Balaban J connectivity index is 3.36. The molecule has 1 aromatic rings. The van der Waals surface area contributed by atoms with E-state index in [4.69, 9.17) is 17.3 Å². The first kappa shape index (κ1) is 9.80. The molecule has 0 radical (unpaired) electrons. The summed E-state index contributed by atoms with van der Waals surface area (Å²) in [4.78, 5) is 11.0. The minimum Gasteiger partial charge on any atom is -0.397 e. The van der Waals surface area contributed by atoms with Crippen molar-refractivity contribution < 1.29 is 4.79 Å².